The summed E-state index contributed by atoms with van der Waals surface area (Å²) in [7, 11) is 0. The molecule has 1 aliphatic rings. The van der Waals surface area contributed by atoms with Crippen LogP contribution in [0.1, 0.15) is 24.3 Å². The topological polar surface area (TPSA) is 75.3 Å². The first-order valence-corrected chi connectivity index (χ1v) is 5.56. The predicted molar refractivity (Wildman–Crippen MR) is 60.8 cm³/mol. The van der Waals surface area contributed by atoms with Crippen LogP contribution in [-0.2, 0) is 4.74 Å². The molecular formula is C11H15N3O3. The quantitative estimate of drug-likeness (QED) is 0.747. The monoisotopic (exact) mass is 237 g/mol. The number of nitrogens with zero attached hydrogens (tertiary/aromatic N) is 2. The summed E-state index contributed by atoms with van der Waals surface area (Å²) in [4.78, 5) is 24.7. The molecule has 0 saturated carbocycles. The summed E-state index contributed by atoms with van der Waals surface area (Å²) in [6.07, 6.45) is 0.0258. The Bertz CT molecular complexity index is 451. The third-order valence-electron chi connectivity index (χ3n) is 2.77. The van der Waals surface area contributed by atoms with Crippen molar-refractivity contribution in [3.05, 3.63) is 28.2 Å². The van der Waals surface area contributed by atoms with Crippen molar-refractivity contribution in [2.75, 3.05) is 13.2 Å². The van der Waals surface area contributed by atoms with Gasteiger partial charge >= 0.3 is 0 Å². The van der Waals surface area contributed by atoms with Crippen LogP contribution in [0.4, 0.5) is 0 Å². The van der Waals surface area contributed by atoms with Crippen molar-refractivity contribution in [2.45, 2.75) is 26.0 Å². The van der Waals surface area contributed by atoms with Crippen LogP contribution in [0.2, 0.25) is 0 Å². The Hall–Kier alpha value is -1.69. The maximum absolute atomic E-state index is 12.2. The molecule has 1 amide bonds. The summed E-state index contributed by atoms with van der Waals surface area (Å²) in [5.41, 5.74) is -0.0597. The molecule has 1 N–H and O–H groups in total. The molecule has 0 bridgehead atoms. The Morgan fingerprint density at radius 2 is 2.29 bits per heavy atom. The first-order valence-electron chi connectivity index (χ1n) is 5.56. The largest absolute Gasteiger partial charge is 0.375 e. The normalized spacial score (nSPS) is 24.7. The number of carbonyl (C=O) groups excluding carboxylic acids is 1. The maximum atomic E-state index is 12.2. The van der Waals surface area contributed by atoms with E-state index in [-0.39, 0.29) is 29.3 Å². The van der Waals surface area contributed by atoms with Gasteiger partial charge in [0, 0.05) is 12.6 Å². The zero-order valence-corrected chi connectivity index (χ0v) is 9.84. The second-order valence-corrected chi connectivity index (χ2v) is 4.26. The van der Waals surface area contributed by atoms with E-state index in [1.165, 1.54) is 12.1 Å². The summed E-state index contributed by atoms with van der Waals surface area (Å²) < 4.78 is 5.45. The minimum absolute atomic E-state index is 0.0208. The smallest absolute Gasteiger partial charge is 0.274 e. The fourth-order valence-corrected chi connectivity index (χ4v) is 1.80. The Kier molecular flexibility index (Phi) is 3.23. The number of morpholine rings is 1. The van der Waals surface area contributed by atoms with Crippen molar-refractivity contribution >= 4 is 5.91 Å². The van der Waals surface area contributed by atoms with E-state index >= 15 is 0 Å². The van der Waals surface area contributed by atoms with Gasteiger partial charge in [0.25, 0.3) is 11.5 Å². The molecule has 6 heteroatoms. The lowest BCUT2D eigenvalue weighted by molar-refractivity contribution is -0.0389. The van der Waals surface area contributed by atoms with Crippen molar-refractivity contribution in [1.82, 2.24) is 15.1 Å². The van der Waals surface area contributed by atoms with E-state index in [0.717, 1.165) is 0 Å². The third-order valence-corrected chi connectivity index (χ3v) is 2.77. The minimum Gasteiger partial charge on any atom is -0.375 e. The van der Waals surface area contributed by atoms with Gasteiger partial charge in [0.15, 0.2) is 0 Å². The fourth-order valence-electron chi connectivity index (χ4n) is 1.80. The average Bonchev–Trinajstić information content (AvgIpc) is 2.32. The van der Waals surface area contributed by atoms with Gasteiger partial charge in [-0.05, 0) is 19.9 Å². The summed E-state index contributed by atoms with van der Waals surface area (Å²) in [5, 5.41) is 6.00. The lowest BCUT2D eigenvalue weighted by atomic mass is 10.2. The zero-order chi connectivity index (χ0) is 12.4. The molecule has 0 aromatic carbocycles. The number of ether oxygens (including phenoxy) is 1. The van der Waals surface area contributed by atoms with Crippen molar-refractivity contribution < 1.29 is 9.53 Å². The van der Waals surface area contributed by atoms with Gasteiger partial charge in [-0.3, -0.25) is 9.59 Å². The molecule has 1 aromatic heterocycles. The van der Waals surface area contributed by atoms with Gasteiger partial charge < -0.3 is 9.64 Å². The highest BCUT2D eigenvalue weighted by Crippen LogP contribution is 2.13. The molecule has 2 atom stereocenters. The molecule has 0 radical (unpaired) electrons. The molecule has 1 saturated heterocycles. The second-order valence-electron chi connectivity index (χ2n) is 4.26. The molecule has 1 aromatic rings. The molecule has 2 heterocycles. The molecule has 2 unspecified atom stereocenters. The number of carbonyl (C=O) groups is 1. The van der Waals surface area contributed by atoms with Gasteiger partial charge in [0.05, 0.1) is 18.8 Å². The van der Waals surface area contributed by atoms with Crippen LogP contribution in [0.3, 0.4) is 0 Å². The molecule has 0 spiro atoms. The number of aromatic amines is 1. The summed E-state index contributed by atoms with van der Waals surface area (Å²) in [5.74, 6) is -0.177. The number of hydrogen-bond donors (Lipinski definition) is 1. The molecule has 17 heavy (non-hydrogen) atoms. The van der Waals surface area contributed by atoms with E-state index in [0.29, 0.717) is 13.2 Å². The zero-order valence-electron chi connectivity index (χ0n) is 9.84. The number of nitrogens with one attached hydrogen (secondary N) is 1. The Morgan fingerprint density at radius 1 is 1.53 bits per heavy atom. The molecular weight excluding hydrogens is 222 g/mol. The molecule has 6 nitrogen and oxygen atoms in total. The van der Waals surface area contributed by atoms with E-state index in [1.54, 1.807) is 4.90 Å². The molecule has 1 aliphatic heterocycles. The van der Waals surface area contributed by atoms with Crippen molar-refractivity contribution in [3.63, 3.8) is 0 Å². The van der Waals surface area contributed by atoms with Gasteiger partial charge in [-0.2, -0.15) is 5.10 Å². The van der Waals surface area contributed by atoms with Crippen LogP contribution in [0.5, 0.6) is 0 Å². The Labute approximate surface area is 98.6 Å². The van der Waals surface area contributed by atoms with E-state index in [2.05, 4.69) is 10.2 Å². The van der Waals surface area contributed by atoms with Crippen LogP contribution < -0.4 is 5.56 Å². The average molecular weight is 237 g/mol. The van der Waals surface area contributed by atoms with Crippen LogP contribution in [-0.4, -0.2) is 46.3 Å². The molecule has 2 rings (SSSR count). The lowest BCUT2D eigenvalue weighted by Crippen LogP contribution is -2.50. The van der Waals surface area contributed by atoms with Gasteiger partial charge in [0.2, 0.25) is 0 Å². The van der Waals surface area contributed by atoms with E-state index in [4.69, 9.17) is 4.74 Å². The van der Waals surface area contributed by atoms with E-state index in [9.17, 15) is 9.59 Å². The van der Waals surface area contributed by atoms with Crippen LogP contribution in [0.25, 0.3) is 0 Å². The third kappa shape index (κ3) is 2.52. The van der Waals surface area contributed by atoms with Gasteiger partial charge in [-0.25, -0.2) is 5.10 Å². The number of rotatable bonds is 1. The highest BCUT2D eigenvalue weighted by Gasteiger charge is 2.28. The van der Waals surface area contributed by atoms with Gasteiger partial charge in [-0.15, -0.1) is 0 Å². The number of H-pyrrole nitrogens is 1. The predicted octanol–water partition coefficient (Wildman–Crippen LogP) is 0.0193. The van der Waals surface area contributed by atoms with Crippen LogP contribution >= 0.6 is 0 Å². The number of hydrogen-bond acceptors (Lipinski definition) is 4. The SMILES string of the molecule is CC1CN(C(=O)c2ccc(=O)[nH]n2)C(C)CO1. The number of amides is 1. The van der Waals surface area contributed by atoms with Crippen molar-refractivity contribution in [1.29, 1.82) is 0 Å². The fraction of sp³-hybridized carbons (Fsp3) is 0.545. The summed E-state index contributed by atoms with van der Waals surface area (Å²) in [6.45, 7) is 4.92. The molecule has 1 fully saturated rings. The van der Waals surface area contributed by atoms with Crippen LogP contribution in [0.15, 0.2) is 16.9 Å². The van der Waals surface area contributed by atoms with Crippen molar-refractivity contribution in [2.24, 2.45) is 0 Å². The summed E-state index contributed by atoms with van der Waals surface area (Å²) in [6, 6.07) is 2.76. The maximum Gasteiger partial charge on any atom is 0.274 e. The molecule has 92 valence electrons. The highest BCUT2D eigenvalue weighted by atomic mass is 16.5. The summed E-state index contributed by atoms with van der Waals surface area (Å²) >= 11 is 0. The van der Waals surface area contributed by atoms with E-state index < -0.39 is 0 Å². The first kappa shape index (κ1) is 11.8. The van der Waals surface area contributed by atoms with E-state index in [1.807, 2.05) is 13.8 Å². The molecule has 0 aliphatic carbocycles. The van der Waals surface area contributed by atoms with Crippen molar-refractivity contribution in [3.8, 4) is 0 Å². The Balaban J connectivity index is 2.18. The number of aromatic nitrogens is 2. The second kappa shape index (κ2) is 4.67. The van der Waals surface area contributed by atoms with Gasteiger partial charge in [0.1, 0.15) is 5.69 Å². The standard InChI is InChI=1S/C11H15N3O3/c1-7-6-17-8(2)5-14(7)11(16)9-3-4-10(15)13-12-9/h3-4,7-8H,5-6H2,1-2H3,(H,13,15). The Morgan fingerprint density at radius 3 is 2.94 bits per heavy atom. The lowest BCUT2D eigenvalue weighted by Gasteiger charge is -2.36. The first-order chi connectivity index (χ1) is 8.08. The minimum atomic E-state index is -0.315. The van der Waals surface area contributed by atoms with Crippen LogP contribution in [0, 0.1) is 0 Å². The highest BCUT2D eigenvalue weighted by molar-refractivity contribution is 5.92. The van der Waals surface area contributed by atoms with Gasteiger partial charge in [-0.1, -0.05) is 0 Å².